The molecule has 0 aliphatic carbocycles. The minimum absolute atomic E-state index is 0.00484. The summed E-state index contributed by atoms with van der Waals surface area (Å²) in [7, 11) is 0. The lowest BCUT2D eigenvalue weighted by molar-refractivity contribution is -0.384. The first-order valence-corrected chi connectivity index (χ1v) is 6.04. The van der Waals surface area contributed by atoms with E-state index < -0.39 is 4.92 Å². The van der Waals surface area contributed by atoms with Gasteiger partial charge in [0, 0.05) is 18.3 Å². The van der Waals surface area contributed by atoms with Crippen molar-refractivity contribution in [3.05, 3.63) is 51.5 Å². The number of hydrogen-bond acceptors (Lipinski definition) is 5. The standard InChI is InChI=1S/C11H6BrN5O2/c12-7-4-15-16(5-7)11-9-3-8(17(18)19)1-2-10(9)13-6-14-11/h1-6H. The predicted octanol–water partition coefficient (Wildman–Crippen LogP) is 2.49. The van der Waals surface area contributed by atoms with E-state index in [0.29, 0.717) is 16.7 Å². The highest BCUT2D eigenvalue weighted by atomic mass is 79.9. The smallest absolute Gasteiger partial charge is 0.258 e. The number of hydrogen-bond donors (Lipinski definition) is 0. The Balaban J connectivity index is 2.29. The topological polar surface area (TPSA) is 86.7 Å². The van der Waals surface area contributed by atoms with Gasteiger partial charge in [-0.05, 0) is 22.0 Å². The highest BCUT2D eigenvalue weighted by Gasteiger charge is 2.12. The van der Waals surface area contributed by atoms with Crippen LogP contribution in [0.1, 0.15) is 0 Å². The number of benzene rings is 1. The number of nitro benzene ring substituents is 1. The van der Waals surface area contributed by atoms with Gasteiger partial charge < -0.3 is 0 Å². The van der Waals surface area contributed by atoms with Crippen LogP contribution in [0.3, 0.4) is 0 Å². The van der Waals surface area contributed by atoms with Gasteiger partial charge in [-0.25, -0.2) is 14.6 Å². The van der Waals surface area contributed by atoms with E-state index in [1.807, 2.05) is 0 Å². The Kier molecular flexibility index (Phi) is 2.71. The molecule has 0 aliphatic heterocycles. The first-order chi connectivity index (χ1) is 9.15. The summed E-state index contributed by atoms with van der Waals surface area (Å²) >= 11 is 3.30. The number of aromatic nitrogens is 4. The van der Waals surface area contributed by atoms with Gasteiger partial charge in [0.2, 0.25) is 0 Å². The van der Waals surface area contributed by atoms with Crippen LogP contribution < -0.4 is 0 Å². The number of halogens is 1. The largest absolute Gasteiger partial charge is 0.270 e. The molecule has 0 unspecified atom stereocenters. The molecule has 0 radical (unpaired) electrons. The molecular weight excluding hydrogens is 314 g/mol. The number of non-ortho nitro benzene ring substituents is 1. The van der Waals surface area contributed by atoms with Crippen molar-refractivity contribution in [2.45, 2.75) is 0 Å². The molecule has 19 heavy (non-hydrogen) atoms. The summed E-state index contributed by atoms with van der Waals surface area (Å²) in [6.45, 7) is 0. The molecule has 0 spiro atoms. The summed E-state index contributed by atoms with van der Waals surface area (Å²) in [5, 5.41) is 15.5. The normalized spacial score (nSPS) is 10.8. The molecule has 0 fully saturated rings. The van der Waals surface area contributed by atoms with Crippen LogP contribution in [0, 0.1) is 10.1 Å². The molecule has 1 aromatic carbocycles. The summed E-state index contributed by atoms with van der Waals surface area (Å²) in [6.07, 6.45) is 4.74. The van der Waals surface area contributed by atoms with E-state index in [2.05, 4.69) is 31.0 Å². The van der Waals surface area contributed by atoms with Gasteiger partial charge in [-0.3, -0.25) is 10.1 Å². The van der Waals surface area contributed by atoms with Gasteiger partial charge in [-0.1, -0.05) is 0 Å². The van der Waals surface area contributed by atoms with Gasteiger partial charge in [0.25, 0.3) is 5.69 Å². The van der Waals surface area contributed by atoms with Crippen molar-refractivity contribution < 1.29 is 4.92 Å². The Morgan fingerprint density at radius 2 is 2.16 bits per heavy atom. The maximum Gasteiger partial charge on any atom is 0.270 e. The Hall–Kier alpha value is -2.35. The molecule has 0 N–H and O–H groups in total. The molecule has 94 valence electrons. The van der Waals surface area contributed by atoms with Crippen LogP contribution >= 0.6 is 15.9 Å². The minimum atomic E-state index is -0.449. The first kappa shape index (κ1) is 11.7. The summed E-state index contributed by atoms with van der Waals surface area (Å²) in [6, 6.07) is 4.45. The highest BCUT2D eigenvalue weighted by molar-refractivity contribution is 9.10. The lowest BCUT2D eigenvalue weighted by Crippen LogP contribution is -2.00. The van der Waals surface area contributed by atoms with Crippen molar-refractivity contribution in [1.82, 2.24) is 19.7 Å². The van der Waals surface area contributed by atoms with Crippen LogP contribution in [-0.4, -0.2) is 24.7 Å². The van der Waals surface area contributed by atoms with Crippen molar-refractivity contribution in [1.29, 1.82) is 0 Å². The highest BCUT2D eigenvalue weighted by Crippen LogP contribution is 2.23. The molecule has 0 amide bonds. The molecule has 7 nitrogen and oxygen atoms in total. The Bertz CT molecular complexity index is 786. The molecule has 0 atom stereocenters. The third kappa shape index (κ3) is 2.06. The van der Waals surface area contributed by atoms with Crippen LogP contribution in [0.5, 0.6) is 0 Å². The maximum absolute atomic E-state index is 10.8. The molecular formula is C11H6BrN5O2. The van der Waals surface area contributed by atoms with E-state index in [-0.39, 0.29) is 5.69 Å². The van der Waals surface area contributed by atoms with Crippen molar-refractivity contribution in [3.63, 3.8) is 0 Å². The minimum Gasteiger partial charge on any atom is -0.258 e. The van der Waals surface area contributed by atoms with Crippen LogP contribution in [0.25, 0.3) is 16.7 Å². The predicted molar refractivity (Wildman–Crippen MR) is 71.0 cm³/mol. The second kappa shape index (κ2) is 4.39. The Labute approximate surface area is 115 Å². The molecule has 2 heterocycles. The quantitative estimate of drug-likeness (QED) is 0.535. The summed E-state index contributed by atoms with van der Waals surface area (Å²) in [5.74, 6) is 0.499. The van der Waals surface area contributed by atoms with Gasteiger partial charge in [-0.2, -0.15) is 5.10 Å². The molecule has 0 bridgehead atoms. The van der Waals surface area contributed by atoms with E-state index in [1.165, 1.54) is 23.1 Å². The third-order valence-corrected chi connectivity index (χ3v) is 2.99. The monoisotopic (exact) mass is 319 g/mol. The second-order valence-corrected chi connectivity index (χ2v) is 4.67. The zero-order valence-electron chi connectivity index (χ0n) is 9.39. The van der Waals surface area contributed by atoms with Gasteiger partial charge in [0.15, 0.2) is 5.82 Å². The van der Waals surface area contributed by atoms with E-state index in [0.717, 1.165) is 4.47 Å². The summed E-state index contributed by atoms with van der Waals surface area (Å²) < 4.78 is 2.34. The number of nitro groups is 1. The van der Waals surface area contributed by atoms with E-state index in [4.69, 9.17) is 0 Å². The molecule has 3 rings (SSSR count). The molecule has 3 aromatic rings. The summed E-state index contributed by atoms with van der Waals surface area (Å²) in [4.78, 5) is 18.6. The Morgan fingerprint density at radius 1 is 1.32 bits per heavy atom. The van der Waals surface area contributed by atoms with Crippen LogP contribution in [0.2, 0.25) is 0 Å². The maximum atomic E-state index is 10.8. The fourth-order valence-corrected chi connectivity index (χ4v) is 2.03. The van der Waals surface area contributed by atoms with Crippen molar-refractivity contribution >= 4 is 32.5 Å². The third-order valence-electron chi connectivity index (χ3n) is 2.58. The first-order valence-electron chi connectivity index (χ1n) is 5.25. The fourth-order valence-electron chi connectivity index (χ4n) is 1.74. The van der Waals surface area contributed by atoms with Crippen molar-refractivity contribution in [2.24, 2.45) is 0 Å². The van der Waals surface area contributed by atoms with E-state index >= 15 is 0 Å². The zero-order chi connectivity index (χ0) is 13.4. The fraction of sp³-hybridized carbons (Fsp3) is 0. The molecule has 2 aromatic heterocycles. The van der Waals surface area contributed by atoms with Crippen molar-refractivity contribution in [3.8, 4) is 5.82 Å². The molecule has 0 aliphatic rings. The average molecular weight is 320 g/mol. The zero-order valence-corrected chi connectivity index (χ0v) is 11.0. The van der Waals surface area contributed by atoms with Gasteiger partial charge in [-0.15, -0.1) is 0 Å². The number of rotatable bonds is 2. The molecule has 0 saturated carbocycles. The SMILES string of the molecule is O=[N+]([O-])c1ccc2ncnc(-n3cc(Br)cn3)c2c1. The van der Waals surface area contributed by atoms with Crippen LogP contribution in [0.4, 0.5) is 5.69 Å². The number of fused-ring (bicyclic) bond motifs is 1. The van der Waals surface area contributed by atoms with Gasteiger partial charge >= 0.3 is 0 Å². The molecule has 8 heteroatoms. The second-order valence-electron chi connectivity index (χ2n) is 3.76. The number of nitrogens with zero attached hydrogens (tertiary/aromatic N) is 5. The van der Waals surface area contributed by atoms with Crippen LogP contribution in [-0.2, 0) is 0 Å². The average Bonchev–Trinajstić information content (AvgIpc) is 2.84. The van der Waals surface area contributed by atoms with E-state index in [1.54, 1.807) is 18.5 Å². The lowest BCUT2D eigenvalue weighted by atomic mass is 10.2. The molecule has 0 saturated heterocycles. The van der Waals surface area contributed by atoms with Crippen molar-refractivity contribution in [2.75, 3.05) is 0 Å². The lowest BCUT2D eigenvalue weighted by Gasteiger charge is -2.04. The van der Waals surface area contributed by atoms with Gasteiger partial charge in [0.1, 0.15) is 6.33 Å². The summed E-state index contributed by atoms with van der Waals surface area (Å²) in [5.41, 5.74) is 0.622. The van der Waals surface area contributed by atoms with Gasteiger partial charge in [0.05, 0.1) is 26.5 Å². The Morgan fingerprint density at radius 3 is 2.84 bits per heavy atom. The van der Waals surface area contributed by atoms with Crippen LogP contribution in [0.15, 0.2) is 41.4 Å². The van der Waals surface area contributed by atoms with E-state index in [9.17, 15) is 10.1 Å².